The van der Waals surface area contributed by atoms with E-state index < -0.39 is 17.4 Å². The molecule has 2 rings (SSSR count). The van der Waals surface area contributed by atoms with E-state index in [2.05, 4.69) is 10.3 Å². The van der Waals surface area contributed by atoms with Crippen LogP contribution in [0, 0.1) is 0 Å². The Labute approximate surface area is 129 Å². The van der Waals surface area contributed by atoms with Gasteiger partial charge in [-0.15, -0.1) is 0 Å². The summed E-state index contributed by atoms with van der Waals surface area (Å²) in [6.07, 6.45) is 2.68. The van der Waals surface area contributed by atoms with Crippen LogP contribution >= 0.6 is 0 Å². The summed E-state index contributed by atoms with van der Waals surface area (Å²) in [7, 11) is 0. The molecule has 0 bridgehead atoms. The van der Waals surface area contributed by atoms with Crippen LogP contribution in [0.25, 0.3) is 0 Å². The number of anilines is 1. The molecular weight excluding hydrogens is 286 g/mol. The second-order valence-electron chi connectivity index (χ2n) is 6.35. The van der Waals surface area contributed by atoms with Crippen molar-refractivity contribution in [3.8, 4) is 0 Å². The van der Waals surface area contributed by atoms with E-state index in [9.17, 15) is 9.59 Å². The molecule has 0 unspecified atom stereocenters. The minimum atomic E-state index is -0.506. The van der Waals surface area contributed by atoms with Gasteiger partial charge in [0.05, 0.1) is 0 Å². The van der Waals surface area contributed by atoms with E-state index in [0.29, 0.717) is 13.1 Å². The molecule has 8 heteroatoms. The third-order valence-corrected chi connectivity index (χ3v) is 3.30. The number of carbonyl (C=O) groups excluding carboxylic acids is 1. The largest absolute Gasteiger partial charge is 0.444 e. The molecule has 0 atom stereocenters. The smallest absolute Gasteiger partial charge is 0.407 e. The third-order valence-electron chi connectivity index (χ3n) is 3.30. The highest BCUT2D eigenvalue weighted by Gasteiger charge is 2.24. The molecule has 1 aromatic rings. The highest BCUT2D eigenvalue weighted by atomic mass is 16.6. The van der Waals surface area contributed by atoms with Crippen LogP contribution in [0.4, 0.5) is 10.6 Å². The minimum absolute atomic E-state index is 0.0449. The number of nitrogens with one attached hydrogen (secondary N) is 1. The molecule has 0 saturated carbocycles. The highest BCUT2D eigenvalue weighted by molar-refractivity contribution is 5.68. The lowest BCUT2D eigenvalue weighted by Crippen LogP contribution is -2.52. The molecule has 1 saturated heterocycles. The standard InChI is InChI=1S/C14H23N5O3/c1-14(2,3)22-13(21)16-10-4-7-18(8-5-10)19-9-6-11(15)17-12(19)20/h6,9-10H,4-5,7-8H2,1-3H3,(H,16,21)(H2,15,17,20). The Morgan fingerprint density at radius 2 is 2.05 bits per heavy atom. The lowest BCUT2D eigenvalue weighted by atomic mass is 10.1. The Morgan fingerprint density at radius 3 is 2.59 bits per heavy atom. The van der Waals surface area contributed by atoms with Gasteiger partial charge in [0.15, 0.2) is 0 Å². The number of aromatic nitrogens is 2. The maximum Gasteiger partial charge on any atom is 0.407 e. The highest BCUT2D eigenvalue weighted by Crippen LogP contribution is 2.11. The molecule has 1 aromatic heterocycles. The van der Waals surface area contributed by atoms with E-state index in [-0.39, 0.29) is 11.9 Å². The molecule has 1 fully saturated rings. The lowest BCUT2D eigenvalue weighted by Gasteiger charge is -2.34. The molecule has 122 valence electrons. The molecule has 3 N–H and O–H groups in total. The summed E-state index contributed by atoms with van der Waals surface area (Å²) in [5.41, 5.74) is 4.58. The maximum atomic E-state index is 11.8. The number of nitrogens with two attached hydrogens (primary N) is 1. The third kappa shape index (κ3) is 4.37. The van der Waals surface area contributed by atoms with Gasteiger partial charge in [0, 0.05) is 25.3 Å². The average molecular weight is 309 g/mol. The van der Waals surface area contributed by atoms with Crippen LogP contribution in [-0.4, -0.2) is 40.5 Å². The molecular formula is C14H23N5O3. The average Bonchev–Trinajstić information content (AvgIpc) is 2.38. The fraction of sp³-hybridized carbons (Fsp3) is 0.643. The first kappa shape index (κ1) is 16.1. The molecule has 1 aliphatic rings. The first-order chi connectivity index (χ1) is 10.2. The number of amides is 1. The number of nitrogens with zero attached hydrogens (tertiary/aromatic N) is 3. The van der Waals surface area contributed by atoms with E-state index in [4.69, 9.17) is 10.5 Å². The zero-order valence-corrected chi connectivity index (χ0v) is 13.2. The first-order valence-corrected chi connectivity index (χ1v) is 7.34. The van der Waals surface area contributed by atoms with Gasteiger partial charge in [-0.2, -0.15) is 4.98 Å². The van der Waals surface area contributed by atoms with Crippen molar-refractivity contribution in [2.24, 2.45) is 0 Å². The Balaban J connectivity index is 1.88. The molecule has 1 aliphatic heterocycles. The summed E-state index contributed by atoms with van der Waals surface area (Å²) >= 11 is 0. The van der Waals surface area contributed by atoms with Crippen molar-refractivity contribution in [3.05, 3.63) is 22.7 Å². The number of carbonyl (C=O) groups is 1. The number of hydrogen-bond donors (Lipinski definition) is 2. The molecule has 0 spiro atoms. The van der Waals surface area contributed by atoms with Gasteiger partial charge in [-0.1, -0.05) is 0 Å². The van der Waals surface area contributed by atoms with E-state index in [0.717, 1.165) is 12.8 Å². The summed E-state index contributed by atoms with van der Waals surface area (Å²) in [6.45, 7) is 6.78. The number of rotatable bonds is 2. The van der Waals surface area contributed by atoms with E-state index >= 15 is 0 Å². The van der Waals surface area contributed by atoms with Gasteiger partial charge >= 0.3 is 11.8 Å². The van der Waals surface area contributed by atoms with Gasteiger partial charge in [-0.3, -0.25) is 0 Å². The normalized spacial score (nSPS) is 16.4. The number of alkyl carbamates (subject to hydrolysis) is 1. The van der Waals surface area contributed by atoms with Crippen LogP contribution in [0.3, 0.4) is 0 Å². The van der Waals surface area contributed by atoms with Crippen LogP contribution in [0.1, 0.15) is 33.6 Å². The summed E-state index contributed by atoms with van der Waals surface area (Å²) < 4.78 is 6.70. The molecule has 1 amide bonds. The van der Waals surface area contributed by atoms with Crippen molar-refractivity contribution in [2.45, 2.75) is 45.3 Å². The van der Waals surface area contributed by atoms with Crippen LogP contribution < -0.4 is 21.7 Å². The summed E-state index contributed by atoms with van der Waals surface area (Å²) in [5.74, 6) is 0.211. The van der Waals surface area contributed by atoms with Gasteiger partial charge in [0.25, 0.3) is 0 Å². The van der Waals surface area contributed by atoms with Crippen LogP contribution in [0.5, 0.6) is 0 Å². The SMILES string of the molecule is CC(C)(C)OC(=O)NC1CCN(n2ccc(N)nc2=O)CC1. The lowest BCUT2D eigenvalue weighted by molar-refractivity contribution is 0.0495. The zero-order valence-electron chi connectivity index (χ0n) is 13.2. The van der Waals surface area contributed by atoms with Gasteiger partial charge in [0.2, 0.25) is 0 Å². The van der Waals surface area contributed by atoms with Gasteiger partial charge in [-0.05, 0) is 39.7 Å². The summed E-state index contributed by atoms with van der Waals surface area (Å²) in [4.78, 5) is 27.2. The topological polar surface area (TPSA) is 102 Å². The Morgan fingerprint density at radius 1 is 1.41 bits per heavy atom. The fourth-order valence-corrected chi connectivity index (χ4v) is 2.32. The van der Waals surface area contributed by atoms with Gasteiger partial charge in [-0.25, -0.2) is 14.3 Å². The summed E-state index contributed by atoms with van der Waals surface area (Å²) in [6, 6.07) is 1.63. The molecule has 0 aromatic carbocycles. The quantitative estimate of drug-likeness (QED) is 0.822. The molecule has 0 aliphatic carbocycles. The number of ether oxygens (including phenoxy) is 1. The van der Waals surface area contributed by atoms with Crippen molar-refractivity contribution < 1.29 is 9.53 Å². The van der Waals surface area contributed by atoms with E-state index in [1.807, 2.05) is 25.8 Å². The van der Waals surface area contributed by atoms with Crippen molar-refractivity contribution in [1.29, 1.82) is 0 Å². The maximum absolute atomic E-state index is 11.8. The van der Waals surface area contributed by atoms with E-state index in [1.165, 1.54) is 4.68 Å². The first-order valence-electron chi connectivity index (χ1n) is 7.34. The zero-order chi connectivity index (χ0) is 16.3. The van der Waals surface area contributed by atoms with Crippen LogP contribution in [-0.2, 0) is 4.74 Å². The van der Waals surface area contributed by atoms with Crippen LogP contribution in [0.2, 0.25) is 0 Å². The number of nitrogen functional groups attached to an aromatic ring is 1. The monoisotopic (exact) mass is 309 g/mol. The predicted octanol–water partition coefficient (Wildman–Crippen LogP) is 0.451. The molecule has 8 nitrogen and oxygen atoms in total. The number of hydrogen-bond acceptors (Lipinski definition) is 6. The second-order valence-corrected chi connectivity index (χ2v) is 6.35. The molecule has 22 heavy (non-hydrogen) atoms. The van der Waals surface area contributed by atoms with Crippen molar-refractivity contribution in [3.63, 3.8) is 0 Å². The Kier molecular flexibility index (Phi) is 4.58. The summed E-state index contributed by atoms with van der Waals surface area (Å²) in [5, 5.41) is 4.75. The number of piperidine rings is 1. The van der Waals surface area contributed by atoms with Gasteiger partial charge < -0.3 is 20.8 Å². The molecule has 0 radical (unpaired) electrons. The van der Waals surface area contributed by atoms with Crippen molar-refractivity contribution in [1.82, 2.24) is 15.0 Å². The van der Waals surface area contributed by atoms with Crippen LogP contribution in [0.15, 0.2) is 17.1 Å². The van der Waals surface area contributed by atoms with Crippen molar-refractivity contribution >= 4 is 11.9 Å². The predicted molar refractivity (Wildman–Crippen MR) is 83.3 cm³/mol. The van der Waals surface area contributed by atoms with Crippen molar-refractivity contribution in [2.75, 3.05) is 23.8 Å². The Bertz CT molecular complexity index is 585. The fourth-order valence-electron chi connectivity index (χ4n) is 2.32. The second kappa shape index (κ2) is 6.25. The Hall–Kier alpha value is -2.25. The molecule has 2 heterocycles. The van der Waals surface area contributed by atoms with E-state index in [1.54, 1.807) is 12.3 Å². The van der Waals surface area contributed by atoms with Gasteiger partial charge in [0.1, 0.15) is 11.4 Å². The minimum Gasteiger partial charge on any atom is -0.444 e.